The molecule has 0 aliphatic heterocycles. The summed E-state index contributed by atoms with van der Waals surface area (Å²) >= 11 is 0. The van der Waals surface area contributed by atoms with Crippen molar-refractivity contribution in [2.24, 2.45) is 0 Å². The number of hydrogen-bond donors (Lipinski definition) is 1. The molecular formula is C15H25NO3S. The van der Waals surface area contributed by atoms with E-state index in [2.05, 4.69) is 5.32 Å². The van der Waals surface area contributed by atoms with Crippen molar-refractivity contribution >= 4 is 9.84 Å². The molecule has 0 heterocycles. The third-order valence-corrected chi connectivity index (χ3v) is 5.89. The molecule has 20 heavy (non-hydrogen) atoms. The minimum atomic E-state index is -3.10. The fraction of sp³-hybridized carbons (Fsp3) is 0.600. The molecule has 1 aromatic carbocycles. The molecule has 0 amide bonds. The van der Waals surface area contributed by atoms with Crippen molar-refractivity contribution in [1.29, 1.82) is 0 Å². The van der Waals surface area contributed by atoms with Gasteiger partial charge in [-0.05, 0) is 37.6 Å². The maximum absolute atomic E-state index is 12.3. The Morgan fingerprint density at radius 1 is 1.30 bits per heavy atom. The topological polar surface area (TPSA) is 55.4 Å². The highest BCUT2D eigenvalue weighted by Crippen LogP contribution is 2.22. The lowest BCUT2D eigenvalue weighted by Gasteiger charge is -2.21. The van der Waals surface area contributed by atoms with Gasteiger partial charge >= 0.3 is 0 Å². The molecule has 1 aromatic rings. The summed E-state index contributed by atoms with van der Waals surface area (Å²) in [5, 5.41) is 2.94. The van der Waals surface area contributed by atoms with E-state index in [1.807, 2.05) is 38.1 Å². The third-order valence-electron chi connectivity index (χ3n) is 3.53. The van der Waals surface area contributed by atoms with Gasteiger partial charge in [0.25, 0.3) is 0 Å². The van der Waals surface area contributed by atoms with Crippen LogP contribution in [-0.4, -0.2) is 33.1 Å². The second-order valence-electron chi connectivity index (χ2n) is 4.94. The summed E-state index contributed by atoms with van der Waals surface area (Å²) in [6.07, 6.45) is 0.638. The highest BCUT2D eigenvalue weighted by molar-refractivity contribution is 7.92. The van der Waals surface area contributed by atoms with Gasteiger partial charge in [-0.2, -0.15) is 0 Å². The molecule has 1 rings (SSSR count). The number of nitrogens with one attached hydrogen (secondary N) is 1. The van der Waals surface area contributed by atoms with Crippen LogP contribution in [0.5, 0.6) is 5.75 Å². The van der Waals surface area contributed by atoms with E-state index in [1.54, 1.807) is 14.0 Å². The van der Waals surface area contributed by atoms with Gasteiger partial charge in [-0.1, -0.05) is 26.0 Å². The molecule has 0 spiro atoms. The fourth-order valence-corrected chi connectivity index (χ4v) is 3.64. The van der Waals surface area contributed by atoms with Gasteiger partial charge in [-0.25, -0.2) is 8.42 Å². The van der Waals surface area contributed by atoms with E-state index in [0.29, 0.717) is 6.42 Å². The van der Waals surface area contributed by atoms with E-state index in [-0.39, 0.29) is 17.0 Å². The van der Waals surface area contributed by atoms with Crippen molar-refractivity contribution in [1.82, 2.24) is 5.32 Å². The van der Waals surface area contributed by atoms with Gasteiger partial charge in [0.1, 0.15) is 5.75 Å². The zero-order chi connectivity index (χ0) is 15.2. The van der Waals surface area contributed by atoms with Gasteiger partial charge in [0.2, 0.25) is 0 Å². The Morgan fingerprint density at radius 2 is 2.00 bits per heavy atom. The molecule has 0 saturated heterocycles. The maximum Gasteiger partial charge on any atom is 0.154 e. The highest BCUT2D eigenvalue weighted by atomic mass is 32.2. The summed E-state index contributed by atoms with van der Waals surface area (Å²) in [4.78, 5) is 0. The smallest absolute Gasteiger partial charge is 0.154 e. The first kappa shape index (κ1) is 17.0. The van der Waals surface area contributed by atoms with E-state index in [0.717, 1.165) is 17.9 Å². The Hall–Kier alpha value is -1.07. The van der Waals surface area contributed by atoms with Crippen LogP contribution in [0.3, 0.4) is 0 Å². The van der Waals surface area contributed by atoms with E-state index in [1.165, 1.54) is 0 Å². The largest absolute Gasteiger partial charge is 0.497 e. The van der Waals surface area contributed by atoms with Gasteiger partial charge < -0.3 is 10.1 Å². The summed E-state index contributed by atoms with van der Waals surface area (Å²) < 4.78 is 29.8. The van der Waals surface area contributed by atoms with E-state index in [4.69, 9.17) is 4.74 Å². The molecular weight excluding hydrogens is 274 g/mol. The summed E-state index contributed by atoms with van der Waals surface area (Å²) in [5.74, 6) is 0.856. The molecule has 0 fully saturated rings. The van der Waals surface area contributed by atoms with Crippen LogP contribution in [0.1, 0.15) is 38.8 Å². The van der Waals surface area contributed by atoms with Gasteiger partial charge in [0.15, 0.2) is 9.84 Å². The maximum atomic E-state index is 12.3. The van der Waals surface area contributed by atoms with Crippen LogP contribution in [-0.2, 0) is 9.84 Å². The number of ether oxygens (including phenoxy) is 1. The van der Waals surface area contributed by atoms with Crippen molar-refractivity contribution < 1.29 is 13.2 Å². The van der Waals surface area contributed by atoms with E-state index < -0.39 is 9.84 Å². The Morgan fingerprint density at radius 3 is 2.55 bits per heavy atom. The molecule has 0 saturated carbocycles. The lowest BCUT2D eigenvalue weighted by atomic mass is 10.1. The molecule has 0 aliphatic carbocycles. The Bertz CT molecular complexity index is 514. The summed E-state index contributed by atoms with van der Waals surface area (Å²) in [5.41, 5.74) is 0.943. The monoisotopic (exact) mass is 299 g/mol. The molecule has 2 atom stereocenters. The molecule has 0 bridgehead atoms. The first-order valence-corrected chi connectivity index (χ1v) is 8.75. The van der Waals surface area contributed by atoms with Crippen LogP contribution in [0.25, 0.3) is 0 Å². The van der Waals surface area contributed by atoms with Crippen molar-refractivity contribution in [3.63, 3.8) is 0 Å². The number of rotatable bonds is 8. The second-order valence-corrected chi connectivity index (χ2v) is 7.40. The van der Waals surface area contributed by atoms with Crippen LogP contribution in [0.15, 0.2) is 24.3 Å². The molecule has 2 unspecified atom stereocenters. The Kier molecular flexibility index (Phi) is 6.49. The van der Waals surface area contributed by atoms with Gasteiger partial charge in [0, 0.05) is 6.04 Å². The molecule has 0 aromatic heterocycles. The van der Waals surface area contributed by atoms with Crippen LogP contribution in [0.2, 0.25) is 0 Å². The molecule has 5 heteroatoms. The lowest BCUT2D eigenvalue weighted by molar-refractivity contribution is 0.413. The summed E-state index contributed by atoms with van der Waals surface area (Å²) in [6.45, 7) is 6.36. The predicted molar refractivity (Wildman–Crippen MR) is 83.0 cm³/mol. The van der Waals surface area contributed by atoms with E-state index >= 15 is 0 Å². The summed E-state index contributed by atoms with van der Waals surface area (Å²) in [6, 6.07) is 7.36. The lowest BCUT2D eigenvalue weighted by Crippen LogP contribution is -2.32. The zero-order valence-corrected chi connectivity index (χ0v) is 13.5. The molecule has 0 radical (unpaired) electrons. The van der Waals surface area contributed by atoms with Crippen LogP contribution in [0, 0.1) is 0 Å². The van der Waals surface area contributed by atoms with Crippen LogP contribution in [0.4, 0.5) is 0 Å². The minimum Gasteiger partial charge on any atom is -0.497 e. The van der Waals surface area contributed by atoms with Gasteiger partial charge in [-0.3, -0.25) is 0 Å². The first-order chi connectivity index (χ1) is 9.44. The second kappa shape index (κ2) is 7.64. The van der Waals surface area contributed by atoms with Crippen LogP contribution < -0.4 is 10.1 Å². The molecule has 4 nitrogen and oxygen atoms in total. The fourth-order valence-electron chi connectivity index (χ4n) is 2.03. The third kappa shape index (κ3) is 4.49. The van der Waals surface area contributed by atoms with E-state index in [9.17, 15) is 8.42 Å². The highest BCUT2D eigenvalue weighted by Gasteiger charge is 2.25. The van der Waals surface area contributed by atoms with Crippen molar-refractivity contribution in [2.45, 2.75) is 38.5 Å². The van der Waals surface area contributed by atoms with Crippen molar-refractivity contribution in [2.75, 3.05) is 19.4 Å². The Labute approximate surface area is 122 Å². The van der Waals surface area contributed by atoms with Gasteiger partial charge in [-0.15, -0.1) is 0 Å². The molecule has 1 N–H and O–H groups in total. The first-order valence-electron chi connectivity index (χ1n) is 7.03. The zero-order valence-electron chi connectivity index (χ0n) is 12.7. The SMILES string of the molecule is CCNC(CS(=O)(=O)C(C)CC)c1cccc(OC)c1. The average molecular weight is 299 g/mol. The molecule has 114 valence electrons. The predicted octanol–water partition coefficient (Wildman–Crippen LogP) is 2.56. The number of hydrogen-bond acceptors (Lipinski definition) is 4. The molecule has 0 aliphatic rings. The summed E-state index contributed by atoms with van der Waals surface area (Å²) in [7, 11) is -1.49. The van der Waals surface area contributed by atoms with Crippen molar-refractivity contribution in [3.8, 4) is 5.75 Å². The normalized spacial score (nSPS) is 14.8. The van der Waals surface area contributed by atoms with Crippen LogP contribution >= 0.6 is 0 Å². The Balaban J connectivity index is 2.99. The number of methoxy groups -OCH3 is 1. The van der Waals surface area contributed by atoms with Crippen molar-refractivity contribution in [3.05, 3.63) is 29.8 Å². The van der Waals surface area contributed by atoms with Gasteiger partial charge in [0.05, 0.1) is 18.1 Å². The quantitative estimate of drug-likeness (QED) is 0.801. The average Bonchev–Trinajstić information content (AvgIpc) is 2.45. The number of sulfone groups is 1. The number of benzene rings is 1. The minimum absolute atomic E-state index is 0.114. The standard InChI is InChI=1S/C15H25NO3S/c1-5-12(3)20(17,18)11-15(16-6-2)13-8-7-9-14(10-13)19-4/h7-10,12,15-16H,5-6,11H2,1-4H3.